The van der Waals surface area contributed by atoms with E-state index < -0.39 is 28.5 Å². The lowest BCUT2D eigenvalue weighted by atomic mass is 10.1. The summed E-state index contributed by atoms with van der Waals surface area (Å²) in [5, 5.41) is 2.92. The molecule has 1 atom stereocenters. The van der Waals surface area contributed by atoms with Crippen LogP contribution in [0.4, 0.5) is 5.69 Å². The molecule has 0 heterocycles. The van der Waals surface area contributed by atoms with Crippen LogP contribution in [-0.4, -0.2) is 63.2 Å². The molecule has 0 aliphatic rings. The summed E-state index contributed by atoms with van der Waals surface area (Å²) in [4.78, 5) is 29.9. The van der Waals surface area contributed by atoms with E-state index in [-0.39, 0.29) is 29.1 Å². The highest BCUT2D eigenvalue weighted by atomic mass is 32.2. The van der Waals surface area contributed by atoms with Gasteiger partial charge < -0.3 is 15.0 Å². The zero-order valence-electron chi connectivity index (χ0n) is 24.9. The zero-order chi connectivity index (χ0) is 30.7. The van der Waals surface area contributed by atoms with E-state index in [0.717, 1.165) is 14.8 Å². The second kappa shape index (κ2) is 15.7. The number of anilines is 1. The van der Waals surface area contributed by atoms with Crippen molar-refractivity contribution < 1.29 is 22.7 Å². The normalized spacial score (nSPS) is 12.0. The third kappa shape index (κ3) is 8.51. The maximum atomic E-state index is 14.2. The minimum absolute atomic E-state index is 0.0554. The highest BCUT2D eigenvalue weighted by Crippen LogP contribution is 2.33. The molecule has 0 saturated carbocycles. The highest BCUT2D eigenvalue weighted by Gasteiger charge is 2.34. The summed E-state index contributed by atoms with van der Waals surface area (Å²) < 4.78 is 35.2. The molecule has 0 unspecified atom stereocenters. The van der Waals surface area contributed by atoms with Crippen LogP contribution in [0.25, 0.3) is 0 Å². The predicted molar refractivity (Wildman–Crippen MR) is 170 cm³/mol. The van der Waals surface area contributed by atoms with Gasteiger partial charge in [0.25, 0.3) is 10.0 Å². The molecule has 226 valence electrons. The number of hydrogen-bond acceptors (Lipinski definition) is 6. The van der Waals surface area contributed by atoms with Crippen LogP contribution in [0.5, 0.6) is 5.75 Å². The fraction of sp³-hybridized carbons (Fsp3) is 0.375. The van der Waals surface area contributed by atoms with Gasteiger partial charge in [0, 0.05) is 17.5 Å². The zero-order valence-corrected chi connectivity index (χ0v) is 26.6. The quantitative estimate of drug-likeness (QED) is 0.232. The number of ether oxygens (including phenoxy) is 1. The monoisotopic (exact) mass is 611 g/mol. The van der Waals surface area contributed by atoms with Crippen LogP contribution in [0.2, 0.25) is 0 Å². The van der Waals surface area contributed by atoms with E-state index in [1.54, 1.807) is 48.5 Å². The maximum Gasteiger partial charge on any atom is 0.264 e. The van der Waals surface area contributed by atoms with E-state index in [2.05, 4.69) is 5.32 Å². The molecule has 0 radical (unpaired) electrons. The number of para-hydroxylation sites is 2. The Morgan fingerprint density at radius 3 is 2.17 bits per heavy atom. The first-order chi connectivity index (χ1) is 20.1. The molecule has 8 nitrogen and oxygen atoms in total. The van der Waals surface area contributed by atoms with E-state index in [0.29, 0.717) is 25.2 Å². The number of hydrogen-bond donors (Lipinski definition) is 1. The van der Waals surface area contributed by atoms with Crippen molar-refractivity contribution in [3.05, 3.63) is 84.4 Å². The molecule has 0 bridgehead atoms. The number of carbonyl (C=O) groups is 2. The average Bonchev–Trinajstić information content (AvgIpc) is 2.98. The molecule has 3 aromatic rings. The molecule has 42 heavy (non-hydrogen) atoms. The Kier molecular flexibility index (Phi) is 12.3. The Hall–Kier alpha value is -3.50. The molecule has 0 fully saturated rings. The number of carbonyl (C=O) groups excluding carboxylic acids is 2. The lowest BCUT2D eigenvalue weighted by Gasteiger charge is -2.34. The topological polar surface area (TPSA) is 96.0 Å². The summed E-state index contributed by atoms with van der Waals surface area (Å²) in [5.74, 6) is -0.407. The number of nitrogens with zero attached hydrogens (tertiary/aromatic N) is 2. The number of rotatable bonds is 15. The number of nitrogens with one attached hydrogen (secondary N) is 1. The summed E-state index contributed by atoms with van der Waals surface area (Å²) in [6.07, 6.45) is 2.80. The minimum atomic E-state index is -4.19. The van der Waals surface area contributed by atoms with Crippen molar-refractivity contribution in [2.75, 3.05) is 30.3 Å². The van der Waals surface area contributed by atoms with Gasteiger partial charge in [-0.3, -0.25) is 13.9 Å². The average molecular weight is 612 g/mol. The van der Waals surface area contributed by atoms with Crippen molar-refractivity contribution in [1.29, 1.82) is 0 Å². The highest BCUT2D eigenvalue weighted by molar-refractivity contribution is 7.98. The van der Waals surface area contributed by atoms with Gasteiger partial charge in [-0.25, -0.2) is 8.42 Å². The summed E-state index contributed by atoms with van der Waals surface area (Å²) >= 11 is 1.51. The van der Waals surface area contributed by atoms with Crippen molar-refractivity contribution in [3.63, 3.8) is 0 Å². The molecule has 0 aromatic heterocycles. The van der Waals surface area contributed by atoms with E-state index in [9.17, 15) is 18.0 Å². The van der Waals surface area contributed by atoms with Crippen molar-refractivity contribution in [2.24, 2.45) is 0 Å². The van der Waals surface area contributed by atoms with Crippen LogP contribution in [0.1, 0.15) is 39.7 Å². The summed E-state index contributed by atoms with van der Waals surface area (Å²) in [6.45, 7) is 7.45. The van der Waals surface area contributed by atoms with Crippen LogP contribution in [0, 0.1) is 0 Å². The van der Waals surface area contributed by atoms with Crippen molar-refractivity contribution in [3.8, 4) is 5.75 Å². The number of sulfonamides is 1. The molecular formula is C32H41N3O5S2. The first kappa shape index (κ1) is 33.0. The van der Waals surface area contributed by atoms with Gasteiger partial charge in [0.2, 0.25) is 11.8 Å². The molecule has 2 amide bonds. The van der Waals surface area contributed by atoms with Crippen molar-refractivity contribution in [1.82, 2.24) is 10.2 Å². The van der Waals surface area contributed by atoms with Crippen LogP contribution in [0.3, 0.4) is 0 Å². The van der Waals surface area contributed by atoms with Crippen LogP contribution < -0.4 is 14.4 Å². The molecule has 3 rings (SSSR count). The van der Waals surface area contributed by atoms with Gasteiger partial charge >= 0.3 is 0 Å². The third-order valence-electron chi connectivity index (χ3n) is 6.66. The summed E-state index contributed by atoms with van der Waals surface area (Å²) in [5.41, 5.74) is 1.26. The molecule has 0 saturated heterocycles. The lowest BCUT2D eigenvalue weighted by molar-refractivity contribution is -0.139. The van der Waals surface area contributed by atoms with Gasteiger partial charge in [0.1, 0.15) is 18.3 Å². The van der Waals surface area contributed by atoms with Gasteiger partial charge in [-0.05, 0) is 81.8 Å². The predicted octanol–water partition coefficient (Wildman–Crippen LogP) is 5.38. The molecule has 0 aliphatic heterocycles. The largest absolute Gasteiger partial charge is 0.492 e. The summed E-state index contributed by atoms with van der Waals surface area (Å²) in [6, 6.07) is 22.1. The van der Waals surface area contributed by atoms with Gasteiger partial charge in [-0.2, -0.15) is 0 Å². The standard InChI is InChI=1S/C32H41N3O5S2/c1-6-28(32(37)33-24(3)4)34(22-21-25-13-9-8-10-14-25)31(36)23-35(29-15-11-12-16-30(29)40-7-2)42(38,39)27-19-17-26(41-5)18-20-27/h8-20,24,28H,6-7,21-23H2,1-5H3,(H,33,37)/t28-/m0/s1. The van der Waals surface area contributed by atoms with Gasteiger partial charge in [0.15, 0.2) is 0 Å². The Balaban J connectivity index is 2.07. The molecular weight excluding hydrogens is 571 g/mol. The Morgan fingerprint density at radius 1 is 0.929 bits per heavy atom. The van der Waals surface area contributed by atoms with E-state index in [1.807, 2.05) is 64.3 Å². The van der Waals surface area contributed by atoms with Crippen molar-refractivity contribution in [2.45, 2.75) is 62.4 Å². The molecule has 1 N–H and O–H groups in total. The number of amides is 2. The van der Waals surface area contributed by atoms with E-state index in [4.69, 9.17) is 4.74 Å². The SMILES string of the molecule is CCOc1ccccc1N(CC(=O)N(CCc1ccccc1)[C@@H](CC)C(=O)NC(C)C)S(=O)(=O)c1ccc(SC)cc1. The fourth-order valence-corrected chi connectivity index (χ4v) is 6.44. The minimum Gasteiger partial charge on any atom is -0.492 e. The third-order valence-corrected chi connectivity index (χ3v) is 9.18. The Labute approximate surface area is 254 Å². The maximum absolute atomic E-state index is 14.2. The van der Waals surface area contributed by atoms with Gasteiger partial charge in [-0.1, -0.05) is 49.4 Å². The van der Waals surface area contributed by atoms with Crippen LogP contribution >= 0.6 is 11.8 Å². The first-order valence-electron chi connectivity index (χ1n) is 14.1. The summed E-state index contributed by atoms with van der Waals surface area (Å²) in [7, 11) is -4.19. The molecule has 0 spiro atoms. The van der Waals surface area contributed by atoms with Crippen LogP contribution in [0.15, 0.2) is 88.7 Å². The van der Waals surface area contributed by atoms with Crippen LogP contribution in [-0.2, 0) is 26.0 Å². The molecule has 0 aliphatic carbocycles. The number of thioether (sulfide) groups is 1. The van der Waals surface area contributed by atoms with E-state index >= 15 is 0 Å². The Bertz CT molecular complexity index is 1410. The van der Waals surface area contributed by atoms with Gasteiger partial charge in [0.05, 0.1) is 17.2 Å². The number of benzene rings is 3. The molecule has 3 aromatic carbocycles. The second-order valence-electron chi connectivity index (χ2n) is 10.00. The second-order valence-corrected chi connectivity index (χ2v) is 12.7. The lowest BCUT2D eigenvalue weighted by Crippen LogP contribution is -2.54. The first-order valence-corrected chi connectivity index (χ1v) is 16.8. The Morgan fingerprint density at radius 2 is 1.57 bits per heavy atom. The van der Waals surface area contributed by atoms with E-state index in [1.165, 1.54) is 16.7 Å². The van der Waals surface area contributed by atoms with Gasteiger partial charge in [-0.15, -0.1) is 11.8 Å². The fourth-order valence-electron chi connectivity index (χ4n) is 4.61. The smallest absolute Gasteiger partial charge is 0.264 e. The molecule has 10 heteroatoms. The van der Waals surface area contributed by atoms with Crippen molar-refractivity contribution >= 4 is 39.3 Å².